The van der Waals surface area contributed by atoms with Crippen LogP contribution in [0.5, 0.6) is 0 Å². The van der Waals surface area contributed by atoms with Gasteiger partial charge in [-0.2, -0.15) is 19.3 Å². The van der Waals surface area contributed by atoms with E-state index < -0.39 is 0 Å². The van der Waals surface area contributed by atoms with Crippen LogP contribution in [0.2, 0.25) is 0 Å². The van der Waals surface area contributed by atoms with Gasteiger partial charge in [-0.3, -0.25) is 0 Å². The summed E-state index contributed by atoms with van der Waals surface area (Å²) in [5.74, 6) is 1.43. The molecule has 0 radical (unpaired) electrons. The fourth-order valence-corrected chi connectivity index (χ4v) is 3.42. The van der Waals surface area contributed by atoms with Crippen LogP contribution >= 0.6 is 12.1 Å². The minimum Gasteiger partial charge on any atom is -0.355 e. The number of hydrogen-bond donors (Lipinski definition) is 0. The highest BCUT2D eigenvalue weighted by atomic mass is 32.2. The molecule has 7 heteroatoms. The third kappa shape index (κ3) is 5.51. The Bertz CT molecular complexity index is 546. The van der Waals surface area contributed by atoms with Crippen LogP contribution in [0.25, 0.3) is 0 Å². The highest BCUT2D eigenvalue weighted by Crippen LogP contribution is 2.25. The Morgan fingerprint density at radius 2 is 1.16 bits per heavy atom. The lowest BCUT2D eigenvalue weighted by molar-refractivity contribution is 0.407. The van der Waals surface area contributed by atoms with E-state index in [-0.39, 0.29) is 5.57 Å². The van der Waals surface area contributed by atoms with E-state index in [9.17, 15) is 10.5 Å². The summed E-state index contributed by atoms with van der Waals surface area (Å²) in [6.45, 7) is 11.8. The van der Waals surface area contributed by atoms with Crippen molar-refractivity contribution >= 4 is 23.8 Å². The van der Waals surface area contributed by atoms with Crippen molar-refractivity contribution in [3.05, 3.63) is 11.1 Å². The molecule has 0 aromatic heterocycles. The lowest BCUT2D eigenvalue weighted by Crippen LogP contribution is -2.43. The van der Waals surface area contributed by atoms with E-state index in [0.29, 0.717) is 17.2 Å². The van der Waals surface area contributed by atoms with Gasteiger partial charge in [-0.25, -0.2) is 0 Å². The monoisotopic (exact) mass is 360 g/mol. The Hall–Kier alpha value is -1.99. The molecule has 0 atom stereocenters. The molecule has 1 heterocycles. The van der Waals surface area contributed by atoms with Gasteiger partial charge in [0.05, 0.1) is 5.57 Å². The van der Waals surface area contributed by atoms with E-state index in [1.807, 2.05) is 0 Å². The molecule has 1 aliphatic heterocycles. The normalized spacial score (nSPS) is 13.4. The van der Waals surface area contributed by atoms with Gasteiger partial charge in [-0.1, -0.05) is 27.7 Å². The van der Waals surface area contributed by atoms with Crippen LogP contribution in [0, 0.1) is 22.7 Å². The lowest BCUT2D eigenvalue weighted by Gasteiger charge is -2.33. The minimum absolute atomic E-state index is 0.0900. The molecule has 0 unspecified atom stereocenters. The van der Waals surface area contributed by atoms with Gasteiger partial charge in [0.25, 0.3) is 0 Å². The van der Waals surface area contributed by atoms with E-state index in [0.717, 1.165) is 64.0 Å². The zero-order chi connectivity index (χ0) is 18.7. The van der Waals surface area contributed by atoms with Crippen LogP contribution in [-0.4, -0.2) is 47.7 Å². The van der Waals surface area contributed by atoms with Crippen molar-refractivity contribution in [3.63, 3.8) is 0 Å². The molecule has 1 rings (SSSR count). The topological polar surface area (TPSA) is 78.8 Å². The summed E-state index contributed by atoms with van der Waals surface area (Å²) >= 11 is 1.15. The van der Waals surface area contributed by atoms with Crippen molar-refractivity contribution < 1.29 is 0 Å². The van der Waals surface area contributed by atoms with E-state index in [1.165, 1.54) is 0 Å². The average molecular weight is 361 g/mol. The summed E-state index contributed by atoms with van der Waals surface area (Å²) in [5.41, 5.74) is 0.680. The van der Waals surface area contributed by atoms with E-state index in [2.05, 4.69) is 58.4 Å². The van der Waals surface area contributed by atoms with Gasteiger partial charge >= 0.3 is 0 Å². The molecule has 0 aromatic rings. The Kier molecular flexibility index (Phi) is 9.72. The minimum atomic E-state index is 0.0900. The molecule has 25 heavy (non-hydrogen) atoms. The molecule has 0 fully saturated rings. The first-order valence-electron chi connectivity index (χ1n) is 9.05. The second-order valence-electron chi connectivity index (χ2n) is 5.86. The van der Waals surface area contributed by atoms with Gasteiger partial charge in [0.2, 0.25) is 0 Å². The fraction of sp³-hybridized carbons (Fsp3) is 0.667. The largest absolute Gasteiger partial charge is 0.355 e. The van der Waals surface area contributed by atoms with Crippen molar-refractivity contribution in [2.24, 2.45) is 8.80 Å². The summed E-state index contributed by atoms with van der Waals surface area (Å²) in [7, 11) is 0. The molecule has 0 N–H and O–H groups in total. The molecule has 0 saturated heterocycles. The summed E-state index contributed by atoms with van der Waals surface area (Å²) in [5, 5.41) is 19.0. The highest BCUT2D eigenvalue weighted by molar-refractivity contribution is 7.97. The van der Waals surface area contributed by atoms with Crippen LogP contribution in [-0.2, 0) is 0 Å². The Morgan fingerprint density at radius 1 is 0.800 bits per heavy atom. The molecule has 0 saturated carbocycles. The van der Waals surface area contributed by atoms with Crippen molar-refractivity contribution in [1.29, 1.82) is 10.5 Å². The zero-order valence-electron chi connectivity index (χ0n) is 15.7. The third-order valence-corrected chi connectivity index (χ3v) is 4.26. The molecule has 0 aliphatic carbocycles. The van der Waals surface area contributed by atoms with Crippen molar-refractivity contribution in [1.82, 2.24) is 9.80 Å². The van der Waals surface area contributed by atoms with Crippen molar-refractivity contribution in [2.75, 3.05) is 26.2 Å². The number of allylic oxidation sites excluding steroid dienone is 1. The highest BCUT2D eigenvalue weighted by Gasteiger charge is 2.30. The lowest BCUT2D eigenvalue weighted by atomic mass is 10.0. The predicted molar refractivity (Wildman–Crippen MR) is 105 cm³/mol. The molecule has 0 spiro atoms. The summed E-state index contributed by atoms with van der Waals surface area (Å²) in [6, 6.07) is 4.11. The summed E-state index contributed by atoms with van der Waals surface area (Å²) in [6.07, 6.45) is 3.91. The van der Waals surface area contributed by atoms with Crippen LogP contribution in [0.4, 0.5) is 0 Å². The smallest absolute Gasteiger partial charge is 0.151 e. The van der Waals surface area contributed by atoms with Crippen LogP contribution in [0.15, 0.2) is 19.9 Å². The predicted octanol–water partition coefficient (Wildman–Crippen LogP) is 3.95. The van der Waals surface area contributed by atoms with Gasteiger partial charge in [-0.15, -0.1) is 0 Å². The van der Waals surface area contributed by atoms with Crippen LogP contribution in [0.3, 0.4) is 0 Å². The number of hydrogen-bond acceptors (Lipinski definition) is 7. The summed E-state index contributed by atoms with van der Waals surface area (Å²) < 4.78 is 9.01. The van der Waals surface area contributed by atoms with E-state index in [4.69, 9.17) is 0 Å². The quantitative estimate of drug-likeness (QED) is 0.484. The number of rotatable bonds is 8. The molecular weight excluding hydrogens is 332 g/mol. The zero-order valence-corrected chi connectivity index (χ0v) is 16.6. The second kappa shape index (κ2) is 11.5. The Morgan fingerprint density at radius 3 is 1.44 bits per heavy atom. The van der Waals surface area contributed by atoms with E-state index in [1.54, 1.807) is 0 Å². The van der Waals surface area contributed by atoms with Crippen LogP contribution in [0.1, 0.15) is 53.4 Å². The van der Waals surface area contributed by atoms with E-state index >= 15 is 0 Å². The maximum atomic E-state index is 9.51. The molecule has 6 nitrogen and oxygen atoms in total. The first kappa shape index (κ1) is 21.1. The molecular formula is C18H28N6S. The van der Waals surface area contributed by atoms with Crippen molar-refractivity contribution in [2.45, 2.75) is 53.4 Å². The maximum Gasteiger partial charge on any atom is 0.151 e. The average Bonchev–Trinajstić information content (AvgIpc) is 2.62. The van der Waals surface area contributed by atoms with Crippen LogP contribution < -0.4 is 0 Å². The van der Waals surface area contributed by atoms with Gasteiger partial charge in [0, 0.05) is 26.2 Å². The van der Waals surface area contributed by atoms with Gasteiger partial charge in [-0.05, 0) is 25.7 Å². The summed E-state index contributed by atoms with van der Waals surface area (Å²) in [4.78, 5) is 4.34. The standard InChI is InChI=1S/C18H28N6S/c1-5-9-23(10-6-2)17-16(15(13-19)14-20)18(22-25-21-17)24(11-7-3)12-8-4/h5-12H2,1-4H3. The van der Waals surface area contributed by atoms with Crippen molar-refractivity contribution in [3.8, 4) is 12.1 Å². The molecule has 1 aliphatic rings. The number of amidine groups is 2. The third-order valence-electron chi connectivity index (χ3n) is 3.75. The molecule has 0 aromatic carbocycles. The Labute approximate surface area is 156 Å². The second-order valence-corrected chi connectivity index (χ2v) is 6.39. The van der Waals surface area contributed by atoms with Gasteiger partial charge in [0.15, 0.2) is 11.7 Å². The molecule has 0 amide bonds. The number of nitrogens with zero attached hydrogens (tertiary/aromatic N) is 6. The first-order valence-corrected chi connectivity index (χ1v) is 9.78. The Balaban J connectivity index is 3.41. The van der Waals surface area contributed by atoms with Gasteiger partial charge < -0.3 is 9.80 Å². The molecule has 0 bridgehead atoms. The SMILES string of the molecule is CCCN(CCC)C1=NSN=C(N(CCC)CCC)C1=C(C#N)C#N. The fourth-order valence-electron chi connectivity index (χ4n) is 2.81. The van der Waals surface area contributed by atoms with Gasteiger partial charge in [0.1, 0.15) is 29.8 Å². The maximum absolute atomic E-state index is 9.51. The first-order chi connectivity index (χ1) is 12.2. The molecule has 136 valence electrons. The number of nitriles is 2.